The maximum atomic E-state index is 2.34. The largest absolute Gasteiger partial charge is 0.0622 e. The van der Waals surface area contributed by atoms with Crippen LogP contribution in [0.1, 0.15) is 36.1 Å². The Morgan fingerprint density at radius 1 is 0.609 bits per heavy atom. The molecular weight excluding hydrogens is 276 g/mol. The number of hydrogen-bond acceptors (Lipinski definition) is 0. The Morgan fingerprint density at radius 2 is 1.26 bits per heavy atom. The summed E-state index contributed by atoms with van der Waals surface area (Å²) in [6.07, 6.45) is 4.38. The number of hydrogen-bond donors (Lipinski definition) is 0. The van der Waals surface area contributed by atoms with Crippen molar-refractivity contribution >= 4 is 12.2 Å². The molecule has 3 aromatic carbocycles. The van der Waals surface area contributed by atoms with E-state index in [-0.39, 0.29) is 5.41 Å². The Labute approximate surface area is 138 Å². The monoisotopic (exact) mass is 296 g/mol. The van der Waals surface area contributed by atoms with Gasteiger partial charge in [-0.25, -0.2) is 0 Å². The summed E-state index contributed by atoms with van der Waals surface area (Å²) in [6.45, 7) is 4.64. The zero-order valence-corrected chi connectivity index (χ0v) is 13.6. The number of benzene rings is 3. The fraction of sp³-hybridized carbons (Fsp3) is 0.130. The van der Waals surface area contributed by atoms with Gasteiger partial charge in [0.25, 0.3) is 0 Å². The zero-order chi connectivity index (χ0) is 15.9. The summed E-state index contributed by atoms with van der Waals surface area (Å²) < 4.78 is 0. The van der Waals surface area contributed by atoms with Gasteiger partial charge in [-0.15, -0.1) is 0 Å². The average molecular weight is 296 g/mol. The second kappa shape index (κ2) is 5.24. The van der Waals surface area contributed by atoms with Crippen molar-refractivity contribution in [3.63, 3.8) is 0 Å². The molecule has 0 heterocycles. The standard InChI is InChI=1S/C23H20/c1-23(2)21-11-7-6-10-19(21)20-15-14-18(16-22(20)23)13-12-17-8-4-3-5-9-17/h3-16H,1-2H3. The van der Waals surface area contributed by atoms with Crippen molar-refractivity contribution < 1.29 is 0 Å². The van der Waals surface area contributed by atoms with Gasteiger partial charge in [-0.3, -0.25) is 0 Å². The Hall–Kier alpha value is -2.60. The molecule has 3 aromatic rings. The molecule has 0 N–H and O–H groups in total. The second-order valence-electron chi connectivity index (χ2n) is 6.72. The van der Waals surface area contributed by atoms with E-state index in [1.165, 1.54) is 33.4 Å². The summed E-state index contributed by atoms with van der Waals surface area (Å²) >= 11 is 0. The molecule has 23 heavy (non-hydrogen) atoms. The molecular formula is C23H20. The van der Waals surface area contributed by atoms with Crippen molar-refractivity contribution in [1.82, 2.24) is 0 Å². The first-order chi connectivity index (χ1) is 11.2. The topological polar surface area (TPSA) is 0 Å². The summed E-state index contributed by atoms with van der Waals surface area (Å²) in [7, 11) is 0. The highest BCUT2D eigenvalue weighted by Gasteiger charge is 2.34. The Balaban J connectivity index is 1.76. The summed E-state index contributed by atoms with van der Waals surface area (Å²) in [5.74, 6) is 0. The molecule has 0 unspecified atom stereocenters. The van der Waals surface area contributed by atoms with Crippen LogP contribution in [0, 0.1) is 0 Å². The van der Waals surface area contributed by atoms with Crippen LogP contribution in [0.25, 0.3) is 23.3 Å². The van der Waals surface area contributed by atoms with Crippen molar-refractivity contribution in [2.45, 2.75) is 19.3 Å². The molecule has 1 aliphatic rings. The van der Waals surface area contributed by atoms with Gasteiger partial charge in [0.2, 0.25) is 0 Å². The Morgan fingerprint density at radius 3 is 2.09 bits per heavy atom. The molecule has 112 valence electrons. The van der Waals surface area contributed by atoms with Gasteiger partial charge >= 0.3 is 0 Å². The first-order valence-electron chi connectivity index (χ1n) is 8.14. The van der Waals surface area contributed by atoms with Gasteiger partial charge in [0.05, 0.1) is 0 Å². The lowest BCUT2D eigenvalue weighted by atomic mass is 9.82. The molecule has 0 amide bonds. The van der Waals surface area contributed by atoms with E-state index < -0.39 is 0 Å². The van der Waals surface area contributed by atoms with Gasteiger partial charge < -0.3 is 0 Å². The third-order valence-corrected chi connectivity index (χ3v) is 4.88. The Bertz CT molecular complexity index is 883. The fourth-order valence-corrected chi connectivity index (χ4v) is 3.58. The summed E-state index contributed by atoms with van der Waals surface area (Å²) in [6, 6.07) is 26.1. The molecule has 0 aliphatic heterocycles. The van der Waals surface area contributed by atoms with Crippen molar-refractivity contribution in [3.8, 4) is 11.1 Å². The third kappa shape index (κ3) is 2.31. The number of fused-ring (bicyclic) bond motifs is 3. The quantitative estimate of drug-likeness (QED) is 0.496. The van der Waals surface area contributed by atoms with Crippen LogP contribution in [0.3, 0.4) is 0 Å². The molecule has 0 bridgehead atoms. The van der Waals surface area contributed by atoms with Gasteiger partial charge in [-0.2, -0.15) is 0 Å². The lowest BCUT2D eigenvalue weighted by Gasteiger charge is -2.21. The first-order valence-corrected chi connectivity index (χ1v) is 8.14. The van der Waals surface area contributed by atoms with Gasteiger partial charge in [-0.1, -0.05) is 98.8 Å². The van der Waals surface area contributed by atoms with Crippen molar-refractivity contribution in [3.05, 3.63) is 95.1 Å². The molecule has 0 saturated heterocycles. The lowest BCUT2D eigenvalue weighted by molar-refractivity contribution is 0.660. The minimum Gasteiger partial charge on any atom is -0.0622 e. The highest BCUT2D eigenvalue weighted by molar-refractivity contribution is 5.82. The van der Waals surface area contributed by atoms with Crippen LogP contribution < -0.4 is 0 Å². The van der Waals surface area contributed by atoms with E-state index in [1.807, 2.05) is 6.07 Å². The SMILES string of the molecule is CC1(C)c2ccccc2-c2ccc(C=Cc3ccccc3)cc21. The molecule has 0 spiro atoms. The van der Waals surface area contributed by atoms with E-state index in [1.54, 1.807) is 0 Å². The van der Waals surface area contributed by atoms with Gasteiger partial charge in [-0.05, 0) is 33.4 Å². The van der Waals surface area contributed by atoms with Crippen LogP contribution in [0.2, 0.25) is 0 Å². The van der Waals surface area contributed by atoms with E-state index >= 15 is 0 Å². The molecule has 0 aromatic heterocycles. The normalized spacial score (nSPS) is 14.7. The predicted molar refractivity (Wildman–Crippen MR) is 99.4 cm³/mol. The minimum absolute atomic E-state index is 0.0719. The maximum Gasteiger partial charge on any atom is 0.0159 e. The van der Waals surface area contributed by atoms with Gasteiger partial charge in [0, 0.05) is 5.41 Å². The molecule has 0 saturated carbocycles. The smallest absolute Gasteiger partial charge is 0.0159 e. The summed E-state index contributed by atoms with van der Waals surface area (Å²) in [5, 5.41) is 0. The zero-order valence-electron chi connectivity index (χ0n) is 13.6. The molecule has 0 atom stereocenters. The van der Waals surface area contributed by atoms with Crippen LogP contribution in [0.4, 0.5) is 0 Å². The number of rotatable bonds is 2. The summed E-state index contributed by atoms with van der Waals surface area (Å²) in [4.78, 5) is 0. The van der Waals surface area contributed by atoms with Crippen LogP contribution >= 0.6 is 0 Å². The maximum absolute atomic E-state index is 2.34. The first kappa shape index (κ1) is 14.0. The van der Waals surface area contributed by atoms with E-state index in [9.17, 15) is 0 Å². The minimum atomic E-state index is 0.0719. The Kier molecular flexibility index (Phi) is 3.20. The highest BCUT2D eigenvalue weighted by atomic mass is 14.4. The van der Waals surface area contributed by atoms with Crippen molar-refractivity contribution in [1.29, 1.82) is 0 Å². The second-order valence-corrected chi connectivity index (χ2v) is 6.72. The van der Waals surface area contributed by atoms with Crippen molar-refractivity contribution in [2.24, 2.45) is 0 Å². The predicted octanol–water partition coefficient (Wildman–Crippen LogP) is 6.16. The van der Waals surface area contributed by atoms with Crippen LogP contribution in [0.15, 0.2) is 72.8 Å². The highest BCUT2D eigenvalue weighted by Crippen LogP contribution is 2.48. The molecule has 4 rings (SSSR count). The van der Waals surface area contributed by atoms with Gasteiger partial charge in [0.15, 0.2) is 0 Å². The fourth-order valence-electron chi connectivity index (χ4n) is 3.58. The molecule has 0 fully saturated rings. The van der Waals surface area contributed by atoms with Crippen molar-refractivity contribution in [2.75, 3.05) is 0 Å². The molecule has 0 radical (unpaired) electrons. The van der Waals surface area contributed by atoms with Gasteiger partial charge in [0.1, 0.15) is 0 Å². The molecule has 1 aliphatic carbocycles. The van der Waals surface area contributed by atoms with E-state index in [4.69, 9.17) is 0 Å². The molecule has 0 nitrogen and oxygen atoms in total. The third-order valence-electron chi connectivity index (χ3n) is 4.88. The van der Waals surface area contributed by atoms with E-state index in [2.05, 4.69) is 92.7 Å². The molecule has 0 heteroatoms. The summed E-state index contributed by atoms with van der Waals surface area (Å²) in [5.41, 5.74) is 8.17. The van der Waals surface area contributed by atoms with Crippen LogP contribution in [0.5, 0.6) is 0 Å². The van der Waals surface area contributed by atoms with Crippen LogP contribution in [-0.2, 0) is 5.41 Å². The van der Waals surface area contributed by atoms with E-state index in [0.717, 1.165) is 0 Å². The average Bonchev–Trinajstić information content (AvgIpc) is 2.82. The lowest BCUT2D eigenvalue weighted by Crippen LogP contribution is -2.14. The van der Waals surface area contributed by atoms with E-state index in [0.29, 0.717) is 0 Å². The van der Waals surface area contributed by atoms with Crippen LogP contribution in [-0.4, -0.2) is 0 Å².